The van der Waals surface area contributed by atoms with Crippen LogP contribution in [0.4, 0.5) is 0 Å². The molecule has 0 fully saturated rings. The van der Waals surface area contributed by atoms with Gasteiger partial charge in [-0.05, 0) is 36.8 Å². The van der Waals surface area contributed by atoms with Gasteiger partial charge in [0.2, 0.25) is 0 Å². The highest BCUT2D eigenvalue weighted by molar-refractivity contribution is 8.00. The molecule has 1 aromatic carbocycles. The monoisotopic (exact) mass is 344 g/mol. The molecule has 118 valence electrons. The van der Waals surface area contributed by atoms with Crippen LogP contribution >= 0.6 is 23.1 Å². The highest BCUT2D eigenvalue weighted by atomic mass is 32.2. The molecule has 0 aliphatic heterocycles. The van der Waals surface area contributed by atoms with Crippen LogP contribution in [0.25, 0.3) is 0 Å². The van der Waals surface area contributed by atoms with Crippen LogP contribution < -0.4 is 5.32 Å². The van der Waals surface area contributed by atoms with Crippen LogP contribution in [0, 0.1) is 6.92 Å². The summed E-state index contributed by atoms with van der Waals surface area (Å²) < 4.78 is 6.26. The minimum Gasteiger partial charge on any atom is -0.467 e. The summed E-state index contributed by atoms with van der Waals surface area (Å²) in [5, 5.41) is 4.89. The molecule has 3 rings (SSSR count). The van der Waals surface area contributed by atoms with Crippen molar-refractivity contribution in [3.8, 4) is 0 Å². The predicted molar refractivity (Wildman–Crippen MR) is 92.7 cm³/mol. The van der Waals surface area contributed by atoms with Crippen molar-refractivity contribution in [3.05, 3.63) is 70.6 Å². The smallest absolute Gasteiger partial charge is 0.251 e. The zero-order chi connectivity index (χ0) is 16.1. The summed E-state index contributed by atoms with van der Waals surface area (Å²) in [5.41, 5.74) is 2.88. The van der Waals surface area contributed by atoms with E-state index in [1.54, 1.807) is 35.4 Å². The molecule has 3 aromatic rings. The molecule has 0 saturated heterocycles. The number of hydrogen-bond acceptors (Lipinski definition) is 5. The molecule has 1 amide bonds. The number of rotatable bonds is 6. The molecule has 0 aliphatic carbocycles. The maximum absolute atomic E-state index is 12.1. The number of aryl methyl sites for hydroxylation is 1. The van der Waals surface area contributed by atoms with E-state index in [0.717, 1.165) is 21.5 Å². The lowest BCUT2D eigenvalue weighted by Crippen LogP contribution is -2.22. The fourth-order valence-electron chi connectivity index (χ4n) is 1.98. The zero-order valence-electron chi connectivity index (χ0n) is 12.6. The average Bonchev–Trinajstić information content (AvgIpc) is 3.22. The molecule has 0 saturated carbocycles. The Bertz CT molecular complexity index is 764. The Morgan fingerprint density at radius 2 is 2.13 bits per heavy atom. The first kappa shape index (κ1) is 15.8. The normalized spacial score (nSPS) is 10.7. The fraction of sp³-hybridized carbons (Fsp3) is 0.176. The molecular formula is C17H16N2O2S2. The van der Waals surface area contributed by atoms with E-state index in [-0.39, 0.29) is 5.91 Å². The van der Waals surface area contributed by atoms with E-state index >= 15 is 0 Å². The van der Waals surface area contributed by atoms with E-state index < -0.39 is 0 Å². The topological polar surface area (TPSA) is 55.1 Å². The SMILES string of the molecule is Cc1csc(SCc2ccc(C(=O)NCc3ccco3)cc2)n1. The summed E-state index contributed by atoms with van der Waals surface area (Å²) in [6.45, 7) is 2.39. The van der Waals surface area contributed by atoms with Gasteiger partial charge in [0.15, 0.2) is 0 Å². The van der Waals surface area contributed by atoms with Crippen LogP contribution in [0.1, 0.15) is 27.4 Å². The summed E-state index contributed by atoms with van der Waals surface area (Å²) in [4.78, 5) is 16.5. The van der Waals surface area contributed by atoms with Crippen molar-refractivity contribution in [2.24, 2.45) is 0 Å². The molecule has 4 nitrogen and oxygen atoms in total. The summed E-state index contributed by atoms with van der Waals surface area (Å²) in [7, 11) is 0. The molecule has 1 N–H and O–H groups in total. The van der Waals surface area contributed by atoms with Crippen LogP contribution in [0.2, 0.25) is 0 Å². The number of furan rings is 1. The molecule has 23 heavy (non-hydrogen) atoms. The lowest BCUT2D eigenvalue weighted by atomic mass is 10.1. The number of amides is 1. The molecule has 0 atom stereocenters. The average molecular weight is 344 g/mol. The third-order valence-corrected chi connectivity index (χ3v) is 5.39. The van der Waals surface area contributed by atoms with Crippen molar-refractivity contribution in [3.63, 3.8) is 0 Å². The largest absolute Gasteiger partial charge is 0.467 e. The molecule has 0 radical (unpaired) electrons. The Hall–Kier alpha value is -2.05. The van der Waals surface area contributed by atoms with Crippen LogP contribution in [0.15, 0.2) is 56.8 Å². The quantitative estimate of drug-likeness (QED) is 0.679. The lowest BCUT2D eigenvalue weighted by molar-refractivity contribution is 0.0948. The molecule has 2 aromatic heterocycles. The van der Waals surface area contributed by atoms with E-state index in [4.69, 9.17) is 4.42 Å². The van der Waals surface area contributed by atoms with Crippen LogP contribution in [-0.4, -0.2) is 10.9 Å². The van der Waals surface area contributed by atoms with Crippen molar-refractivity contribution in [2.45, 2.75) is 23.6 Å². The first-order valence-corrected chi connectivity index (χ1v) is 9.02. The summed E-state index contributed by atoms with van der Waals surface area (Å²) >= 11 is 3.37. The van der Waals surface area contributed by atoms with E-state index in [1.807, 2.05) is 37.3 Å². The van der Waals surface area contributed by atoms with Gasteiger partial charge in [0, 0.05) is 22.4 Å². The molecule has 6 heteroatoms. The van der Waals surface area contributed by atoms with Gasteiger partial charge in [-0.15, -0.1) is 11.3 Å². The molecule has 0 bridgehead atoms. The molecule has 0 spiro atoms. The zero-order valence-corrected chi connectivity index (χ0v) is 14.2. The van der Waals surface area contributed by atoms with Gasteiger partial charge in [0.1, 0.15) is 10.1 Å². The van der Waals surface area contributed by atoms with Crippen molar-refractivity contribution < 1.29 is 9.21 Å². The Kier molecular flexibility index (Phi) is 5.15. The number of aromatic nitrogens is 1. The van der Waals surface area contributed by atoms with Crippen molar-refractivity contribution in [1.29, 1.82) is 0 Å². The maximum atomic E-state index is 12.1. The Labute approximate surface area is 142 Å². The second kappa shape index (κ2) is 7.48. The van der Waals surface area contributed by atoms with Crippen LogP contribution in [0.5, 0.6) is 0 Å². The third kappa shape index (κ3) is 4.46. The summed E-state index contributed by atoms with van der Waals surface area (Å²) in [5.74, 6) is 1.49. The minimum atomic E-state index is -0.101. The van der Waals surface area contributed by atoms with Gasteiger partial charge in [-0.2, -0.15) is 0 Å². The number of nitrogens with zero attached hydrogens (tertiary/aromatic N) is 1. The second-order valence-corrected chi connectivity index (χ2v) is 7.08. The van der Waals surface area contributed by atoms with Crippen molar-refractivity contribution in [1.82, 2.24) is 10.3 Å². The predicted octanol–water partition coefficient (Wildman–Crippen LogP) is 4.27. The van der Waals surface area contributed by atoms with E-state index in [9.17, 15) is 4.79 Å². The second-order valence-electron chi connectivity index (χ2n) is 5.00. The Balaban J connectivity index is 1.52. The van der Waals surface area contributed by atoms with Crippen molar-refractivity contribution in [2.75, 3.05) is 0 Å². The number of nitrogens with one attached hydrogen (secondary N) is 1. The third-order valence-electron chi connectivity index (χ3n) is 3.18. The van der Waals surface area contributed by atoms with Gasteiger partial charge in [0.25, 0.3) is 5.91 Å². The van der Waals surface area contributed by atoms with Gasteiger partial charge < -0.3 is 9.73 Å². The number of hydrogen-bond donors (Lipinski definition) is 1. The van der Waals surface area contributed by atoms with Gasteiger partial charge >= 0.3 is 0 Å². The van der Waals surface area contributed by atoms with E-state index in [0.29, 0.717) is 12.1 Å². The lowest BCUT2D eigenvalue weighted by Gasteiger charge is -2.05. The first-order valence-electron chi connectivity index (χ1n) is 7.15. The minimum absolute atomic E-state index is 0.101. The van der Waals surface area contributed by atoms with Crippen molar-refractivity contribution >= 4 is 29.0 Å². The highest BCUT2D eigenvalue weighted by Gasteiger charge is 2.07. The first-order chi connectivity index (χ1) is 11.2. The van der Waals surface area contributed by atoms with Gasteiger partial charge in [0.05, 0.1) is 12.8 Å². The number of carbonyl (C=O) groups excluding carboxylic acids is 1. The standard InChI is InChI=1S/C17H16N2O2S2/c1-12-10-22-17(19-12)23-11-13-4-6-14(7-5-13)16(20)18-9-15-3-2-8-21-15/h2-8,10H,9,11H2,1H3,(H,18,20). The fourth-order valence-corrected chi connectivity index (χ4v) is 3.78. The summed E-state index contributed by atoms with van der Waals surface area (Å²) in [6.07, 6.45) is 1.60. The Morgan fingerprint density at radius 1 is 1.30 bits per heavy atom. The number of thiazole rings is 1. The van der Waals surface area contributed by atoms with Crippen LogP contribution in [0.3, 0.4) is 0 Å². The summed E-state index contributed by atoms with van der Waals surface area (Å²) in [6, 6.07) is 11.3. The van der Waals surface area contributed by atoms with Crippen LogP contribution in [-0.2, 0) is 12.3 Å². The molecular weight excluding hydrogens is 328 g/mol. The van der Waals surface area contributed by atoms with E-state index in [2.05, 4.69) is 15.7 Å². The number of thioether (sulfide) groups is 1. The molecule has 2 heterocycles. The number of carbonyl (C=O) groups is 1. The number of benzene rings is 1. The van der Waals surface area contributed by atoms with E-state index in [1.165, 1.54) is 5.56 Å². The highest BCUT2D eigenvalue weighted by Crippen LogP contribution is 2.26. The maximum Gasteiger partial charge on any atom is 0.251 e. The van der Waals surface area contributed by atoms with Gasteiger partial charge in [-0.25, -0.2) is 4.98 Å². The van der Waals surface area contributed by atoms with Gasteiger partial charge in [-0.1, -0.05) is 23.9 Å². The molecule has 0 aliphatic rings. The Morgan fingerprint density at radius 3 is 2.78 bits per heavy atom. The molecule has 0 unspecified atom stereocenters. The van der Waals surface area contributed by atoms with Gasteiger partial charge in [-0.3, -0.25) is 4.79 Å².